The third-order valence-electron chi connectivity index (χ3n) is 3.56. The number of methoxy groups -OCH3 is 2. The maximum absolute atomic E-state index is 12.7. The average Bonchev–Trinajstić information content (AvgIpc) is 3.06. The van der Waals surface area contributed by atoms with Crippen LogP contribution in [0.3, 0.4) is 0 Å². The highest BCUT2D eigenvalue weighted by molar-refractivity contribution is 6.13. The van der Waals surface area contributed by atoms with E-state index in [1.807, 2.05) is 0 Å². The van der Waals surface area contributed by atoms with Crippen LogP contribution in [0.1, 0.15) is 26.3 Å². The van der Waals surface area contributed by atoms with Gasteiger partial charge in [0.2, 0.25) is 6.79 Å². The van der Waals surface area contributed by atoms with Crippen molar-refractivity contribution in [3.63, 3.8) is 0 Å². The Morgan fingerprint density at radius 1 is 1.04 bits per heavy atom. The first kappa shape index (κ1) is 14.9. The van der Waals surface area contributed by atoms with Crippen LogP contribution in [-0.2, 0) is 0 Å². The number of fused-ring (bicyclic) bond motifs is 1. The highest BCUT2D eigenvalue weighted by Crippen LogP contribution is 2.36. The first-order valence-electron chi connectivity index (χ1n) is 6.83. The highest BCUT2D eigenvalue weighted by atomic mass is 16.7. The minimum atomic E-state index is -0.314. The summed E-state index contributed by atoms with van der Waals surface area (Å²) < 4.78 is 20.8. The van der Waals surface area contributed by atoms with Gasteiger partial charge in [0, 0.05) is 16.7 Å². The lowest BCUT2D eigenvalue weighted by molar-refractivity contribution is 0.102. The molecule has 0 amide bonds. The summed E-state index contributed by atoms with van der Waals surface area (Å²) in [7, 11) is 3.01. The van der Waals surface area contributed by atoms with Crippen molar-refractivity contribution in [2.75, 3.05) is 21.0 Å². The summed E-state index contributed by atoms with van der Waals surface area (Å²) in [5, 5.41) is 0. The molecule has 3 rings (SSSR count). The van der Waals surface area contributed by atoms with Gasteiger partial charge in [0.25, 0.3) is 0 Å². The Hall–Kier alpha value is -3.02. The summed E-state index contributed by atoms with van der Waals surface area (Å²) in [5.74, 6) is 1.54. The number of carbonyl (C=O) groups is 2. The zero-order valence-electron chi connectivity index (χ0n) is 12.6. The second kappa shape index (κ2) is 6.00. The van der Waals surface area contributed by atoms with E-state index in [9.17, 15) is 9.59 Å². The molecule has 0 atom stereocenters. The van der Waals surface area contributed by atoms with Gasteiger partial charge in [0.15, 0.2) is 35.1 Å². The molecule has 2 aromatic carbocycles. The molecule has 1 aliphatic heterocycles. The van der Waals surface area contributed by atoms with Gasteiger partial charge in [-0.25, -0.2) is 0 Å². The van der Waals surface area contributed by atoms with Gasteiger partial charge in [-0.2, -0.15) is 0 Å². The van der Waals surface area contributed by atoms with Gasteiger partial charge in [0.05, 0.1) is 14.2 Å². The largest absolute Gasteiger partial charge is 0.493 e. The van der Waals surface area contributed by atoms with Crippen molar-refractivity contribution in [1.29, 1.82) is 0 Å². The van der Waals surface area contributed by atoms with Crippen molar-refractivity contribution in [3.05, 3.63) is 47.0 Å². The minimum Gasteiger partial charge on any atom is -0.493 e. The van der Waals surface area contributed by atoms with E-state index in [2.05, 4.69) is 0 Å². The molecule has 0 spiro atoms. The third-order valence-corrected chi connectivity index (χ3v) is 3.56. The number of aldehydes is 1. The van der Waals surface area contributed by atoms with E-state index in [4.69, 9.17) is 18.9 Å². The van der Waals surface area contributed by atoms with Crippen molar-refractivity contribution < 1.29 is 28.5 Å². The Bertz CT molecular complexity index is 781. The molecule has 0 saturated heterocycles. The van der Waals surface area contributed by atoms with Crippen LogP contribution in [0.4, 0.5) is 0 Å². The molecule has 6 heteroatoms. The quantitative estimate of drug-likeness (QED) is 0.624. The summed E-state index contributed by atoms with van der Waals surface area (Å²) >= 11 is 0. The zero-order chi connectivity index (χ0) is 16.4. The van der Waals surface area contributed by atoms with Crippen molar-refractivity contribution in [3.8, 4) is 23.0 Å². The second-order valence-corrected chi connectivity index (χ2v) is 4.81. The molecule has 23 heavy (non-hydrogen) atoms. The van der Waals surface area contributed by atoms with Gasteiger partial charge in [-0.1, -0.05) is 0 Å². The standard InChI is InChI=1S/C17H14O6/c1-20-13-4-3-10(5-14(13)21-2)17(19)12-7-16-15(22-9-23-16)6-11(12)8-18/h3-8H,9H2,1-2H3. The Morgan fingerprint density at radius 2 is 1.74 bits per heavy atom. The maximum atomic E-state index is 12.7. The van der Waals surface area contributed by atoms with Gasteiger partial charge < -0.3 is 18.9 Å². The molecule has 0 bridgehead atoms. The number of ether oxygens (including phenoxy) is 4. The fraction of sp³-hybridized carbons (Fsp3) is 0.176. The van der Waals surface area contributed by atoms with Gasteiger partial charge in [-0.3, -0.25) is 9.59 Å². The van der Waals surface area contributed by atoms with Gasteiger partial charge >= 0.3 is 0 Å². The second-order valence-electron chi connectivity index (χ2n) is 4.81. The number of benzene rings is 2. The van der Waals surface area contributed by atoms with Crippen molar-refractivity contribution in [1.82, 2.24) is 0 Å². The predicted octanol–water partition coefficient (Wildman–Crippen LogP) is 2.48. The van der Waals surface area contributed by atoms with Crippen LogP contribution in [0.15, 0.2) is 30.3 Å². The number of ketones is 1. The van der Waals surface area contributed by atoms with Crippen LogP contribution < -0.4 is 18.9 Å². The fourth-order valence-corrected chi connectivity index (χ4v) is 2.38. The molecule has 0 aliphatic carbocycles. The molecule has 118 valence electrons. The molecule has 1 aliphatic rings. The SMILES string of the molecule is COc1ccc(C(=O)c2cc3c(cc2C=O)OCO3)cc1OC. The molecule has 0 aromatic heterocycles. The highest BCUT2D eigenvalue weighted by Gasteiger charge is 2.22. The zero-order valence-corrected chi connectivity index (χ0v) is 12.6. The van der Waals surface area contributed by atoms with Crippen LogP contribution >= 0.6 is 0 Å². The predicted molar refractivity (Wildman–Crippen MR) is 80.9 cm³/mol. The van der Waals surface area contributed by atoms with Crippen molar-refractivity contribution >= 4 is 12.1 Å². The molecular weight excluding hydrogens is 300 g/mol. The molecule has 2 aromatic rings. The minimum absolute atomic E-state index is 0.0711. The fourth-order valence-electron chi connectivity index (χ4n) is 2.38. The lowest BCUT2D eigenvalue weighted by Gasteiger charge is -2.10. The molecule has 6 nitrogen and oxygen atoms in total. The Labute approximate surface area is 132 Å². The summed E-state index contributed by atoms with van der Waals surface area (Å²) in [6.45, 7) is 0.0711. The van der Waals surface area contributed by atoms with Crippen LogP contribution in [0, 0.1) is 0 Å². The number of hydrogen-bond donors (Lipinski definition) is 0. The van der Waals surface area contributed by atoms with E-state index in [0.717, 1.165) is 0 Å². The first-order chi connectivity index (χ1) is 11.2. The monoisotopic (exact) mass is 314 g/mol. The summed E-state index contributed by atoms with van der Waals surface area (Å²) in [4.78, 5) is 24.0. The lowest BCUT2D eigenvalue weighted by atomic mass is 9.98. The van der Waals surface area contributed by atoms with E-state index < -0.39 is 0 Å². The van der Waals surface area contributed by atoms with Crippen LogP contribution in [0.5, 0.6) is 23.0 Å². The van der Waals surface area contributed by atoms with Gasteiger partial charge in [0.1, 0.15) is 0 Å². The number of carbonyl (C=O) groups excluding carboxylic acids is 2. The third kappa shape index (κ3) is 2.59. The van der Waals surface area contributed by atoms with E-state index in [1.54, 1.807) is 18.2 Å². The van der Waals surface area contributed by atoms with Gasteiger partial charge in [-0.05, 0) is 30.3 Å². The summed E-state index contributed by atoms with van der Waals surface area (Å²) in [6.07, 6.45) is 0.621. The Balaban J connectivity index is 2.05. The maximum Gasteiger partial charge on any atom is 0.231 e. The molecule has 0 fully saturated rings. The van der Waals surface area contributed by atoms with Crippen molar-refractivity contribution in [2.45, 2.75) is 0 Å². The van der Waals surface area contributed by atoms with Crippen LogP contribution in [-0.4, -0.2) is 33.1 Å². The van der Waals surface area contributed by atoms with Crippen molar-refractivity contribution in [2.24, 2.45) is 0 Å². The summed E-state index contributed by atoms with van der Waals surface area (Å²) in [6, 6.07) is 7.84. The molecule has 0 N–H and O–H groups in total. The number of rotatable bonds is 5. The summed E-state index contributed by atoms with van der Waals surface area (Å²) in [5.41, 5.74) is 0.870. The van der Waals surface area contributed by atoms with E-state index >= 15 is 0 Å². The Morgan fingerprint density at radius 3 is 2.39 bits per heavy atom. The molecule has 0 radical (unpaired) electrons. The molecular formula is C17H14O6. The smallest absolute Gasteiger partial charge is 0.231 e. The lowest BCUT2D eigenvalue weighted by Crippen LogP contribution is -2.06. The molecule has 1 heterocycles. The van der Waals surface area contributed by atoms with Crippen LogP contribution in [0.2, 0.25) is 0 Å². The van der Waals surface area contributed by atoms with Crippen LogP contribution in [0.25, 0.3) is 0 Å². The van der Waals surface area contributed by atoms with E-state index in [1.165, 1.54) is 26.4 Å². The number of hydrogen-bond acceptors (Lipinski definition) is 6. The average molecular weight is 314 g/mol. The topological polar surface area (TPSA) is 71.1 Å². The first-order valence-corrected chi connectivity index (χ1v) is 6.83. The van der Waals surface area contributed by atoms with E-state index in [-0.39, 0.29) is 23.7 Å². The Kier molecular flexibility index (Phi) is 3.89. The molecule has 0 saturated carbocycles. The molecule has 0 unspecified atom stereocenters. The van der Waals surface area contributed by atoms with E-state index in [0.29, 0.717) is 34.8 Å². The van der Waals surface area contributed by atoms with Gasteiger partial charge in [-0.15, -0.1) is 0 Å². The normalized spacial score (nSPS) is 11.9.